The molecule has 0 unspecified atom stereocenters. The van der Waals surface area contributed by atoms with Crippen molar-refractivity contribution in [3.63, 3.8) is 0 Å². The minimum absolute atomic E-state index is 0.0623. The van der Waals surface area contributed by atoms with Gasteiger partial charge in [-0.3, -0.25) is 9.59 Å². The van der Waals surface area contributed by atoms with Crippen molar-refractivity contribution in [2.24, 2.45) is 0 Å². The Labute approximate surface area is 173 Å². The van der Waals surface area contributed by atoms with Crippen LogP contribution in [0.2, 0.25) is 0 Å². The first kappa shape index (κ1) is 21.1. The van der Waals surface area contributed by atoms with Crippen molar-refractivity contribution in [2.75, 3.05) is 13.1 Å². The molecule has 0 spiro atoms. The van der Waals surface area contributed by atoms with Gasteiger partial charge >= 0.3 is 0 Å². The van der Waals surface area contributed by atoms with Crippen LogP contribution < -0.4 is 15.5 Å². The van der Waals surface area contributed by atoms with E-state index in [1.165, 1.54) is 50.4 Å². The van der Waals surface area contributed by atoms with E-state index < -0.39 is 0 Å². The molecule has 2 amide bonds. The van der Waals surface area contributed by atoms with Crippen LogP contribution in [0.25, 0.3) is 0 Å². The quantitative estimate of drug-likeness (QED) is 0.642. The van der Waals surface area contributed by atoms with Gasteiger partial charge in [0.1, 0.15) is 6.54 Å². The van der Waals surface area contributed by atoms with Crippen LogP contribution in [0.4, 0.5) is 0 Å². The largest absolute Gasteiger partial charge is 0.352 e. The third-order valence-corrected chi connectivity index (χ3v) is 5.56. The summed E-state index contributed by atoms with van der Waals surface area (Å²) in [4.78, 5) is 25.8. The van der Waals surface area contributed by atoms with Gasteiger partial charge in [-0.1, -0.05) is 54.6 Å². The molecule has 1 aliphatic heterocycles. The predicted octanol–water partition coefficient (Wildman–Crippen LogP) is 2.14. The van der Waals surface area contributed by atoms with Gasteiger partial charge in [0.25, 0.3) is 0 Å². The van der Waals surface area contributed by atoms with Gasteiger partial charge in [0.2, 0.25) is 11.8 Å². The maximum atomic E-state index is 12.6. The highest BCUT2D eigenvalue weighted by atomic mass is 16.2. The van der Waals surface area contributed by atoms with E-state index >= 15 is 0 Å². The number of hydrogen-bond donors (Lipinski definition) is 3. The van der Waals surface area contributed by atoms with Crippen molar-refractivity contribution in [1.29, 1.82) is 0 Å². The first-order chi connectivity index (χ1) is 14.1. The van der Waals surface area contributed by atoms with E-state index in [1.807, 2.05) is 36.4 Å². The normalized spacial score (nSPS) is 15.5. The summed E-state index contributed by atoms with van der Waals surface area (Å²) in [5, 5.41) is 5.94. The summed E-state index contributed by atoms with van der Waals surface area (Å²) in [6, 6.07) is 17.7. The summed E-state index contributed by atoms with van der Waals surface area (Å²) in [6.45, 7) is 5.48. The van der Waals surface area contributed by atoms with Crippen molar-refractivity contribution in [3.8, 4) is 0 Å². The van der Waals surface area contributed by atoms with Crippen molar-refractivity contribution < 1.29 is 14.5 Å². The molecule has 0 radical (unpaired) electrons. The Morgan fingerprint density at radius 3 is 2.28 bits per heavy atom. The minimum atomic E-state index is -0.318. The molecule has 3 N–H and O–H groups in total. The molecule has 1 heterocycles. The second kappa shape index (κ2) is 10.8. The molecular formula is C24H32N3O2+. The molecule has 0 aromatic heterocycles. The van der Waals surface area contributed by atoms with Gasteiger partial charge in [0.15, 0.2) is 0 Å². The fourth-order valence-electron chi connectivity index (χ4n) is 4.03. The zero-order valence-corrected chi connectivity index (χ0v) is 17.2. The van der Waals surface area contributed by atoms with Crippen LogP contribution in [-0.2, 0) is 22.7 Å². The van der Waals surface area contributed by atoms with E-state index in [0.29, 0.717) is 6.54 Å². The van der Waals surface area contributed by atoms with Crippen LogP contribution in [0.1, 0.15) is 55.3 Å². The first-order valence-corrected chi connectivity index (χ1v) is 10.6. The van der Waals surface area contributed by atoms with Crippen LogP contribution in [0, 0.1) is 0 Å². The van der Waals surface area contributed by atoms with Gasteiger partial charge in [-0.2, -0.15) is 0 Å². The third kappa shape index (κ3) is 6.71. The van der Waals surface area contributed by atoms with Gasteiger partial charge in [0, 0.05) is 19.0 Å². The average molecular weight is 395 g/mol. The summed E-state index contributed by atoms with van der Waals surface area (Å²) >= 11 is 0. The van der Waals surface area contributed by atoms with Crippen LogP contribution >= 0.6 is 0 Å². The van der Waals surface area contributed by atoms with Crippen molar-refractivity contribution in [1.82, 2.24) is 10.6 Å². The molecule has 5 heteroatoms. The number of hydrogen-bond acceptors (Lipinski definition) is 2. The van der Waals surface area contributed by atoms with E-state index in [2.05, 4.69) is 28.8 Å². The molecule has 154 valence electrons. The predicted molar refractivity (Wildman–Crippen MR) is 114 cm³/mol. The molecule has 0 aliphatic carbocycles. The minimum Gasteiger partial charge on any atom is -0.352 e. The number of rotatable bonds is 8. The first-order valence-electron chi connectivity index (χ1n) is 10.6. The molecule has 0 saturated carbocycles. The highest BCUT2D eigenvalue weighted by molar-refractivity contribution is 5.79. The highest BCUT2D eigenvalue weighted by Crippen LogP contribution is 2.17. The molecule has 0 bridgehead atoms. The Morgan fingerprint density at radius 2 is 1.59 bits per heavy atom. The average Bonchev–Trinajstić information content (AvgIpc) is 2.74. The third-order valence-electron chi connectivity index (χ3n) is 5.56. The number of carbonyl (C=O) groups excluding carboxylic acids is 2. The maximum Gasteiger partial charge on any atom is 0.222 e. The standard InChI is InChI=1S/C24H31N3O2/c1-19(28)26-23(20-10-4-2-5-11-20)16-24(29)25-17-21-12-6-7-13-22(21)18-27-14-8-3-9-15-27/h2,4-7,10-13,23H,3,8-9,14-18H2,1H3,(H,25,29)(H,26,28)/p+1/t23-/m0/s1. The lowest BCUT2D eigenvalue weighted by molar-refractivity contribution is -0.918. The van der Waals surface area contributed by atoms with E-state index in [0.717, 1.165) is 12.1 Å². The molecule has 2 aromatic rings. The van der Waals surface area contributed by atoms with Crippen molar-refractivity contribution >= 4 is 11.8 Å². The SMILES string of the molecule is CC(=O)N[C@@H](CC(=O)NCc1ccccc1C[NH+]1CCCCC1)c1ccccc1. The Balaban J connectivity index is 1.58. The summed E-state index contributed by atoms with van der Waals surface area (Å²) in [6.07, 6.45) is 4.18. The zero-order valence-electron chi connectivity index (χ0n) is 17.2. The second-order valence-electron chi connectivity index (χ2n) is 7.90. The van der Waals surface area contributed by atoms with Crippen molar-refractivity contribution in [2.45, 2.75) is 51.7 Å². The van der Waals surface area contributed by atoms with Crippen LogP contribution in [-0.4, -0.2) is 24.9 Å². The summed E-state index contributed by atoms with van der Waals surface area (Å²) < 4.78 is 0. The smallest absolute Gasteiger partial charge is 0.222 e. The van der Waals surface area contributed by atoms with Crippen molar-refractivity contribution in [3.05, 3.63) is 71.3 Å². The fourth-order valence-corrected chi connectivity index (χ4v) is 4.03. The molecule has 5 nitrogen and oxygen atoms in total. The Bertz CT molecular complexity index is 801. The summed E-state index contributed by atoms with van der Waals surface area (Å²) in [7, 11) is 0. The molecule has 1 aliphatic rings. The second-order valence-corrected chi connectivity index (χ2v) is 7.90. The van der Waals surface area contributed by atoms with Gasteiger partial charge < -0.3 is 15.5 Å². The monoisotopic (exact) mass is 394 g/mol. The molecule has 1 atom stereocenters. The lowest BCUT2D eigenvalue weighted by Gasteiger charge is -2.24. The molecule has 1 saturated heterocycles. The van der Waals surface area contributed by atoms with Crippen LogP contribution in [0.3, 0.4) is 0 Å². The number of piperidine rings is 1. The number of carbonyl (C=O) groups is 2. The van der Waals surface area contributed by atoms with Gasteiger partial charge in [-0.05, 0) is 30.4 Å². The number of nitrogens with one attached hydrogen (secondary N) is 3. The molecule has 29 heavy (non-hydrogen) atoms. The highest BCUT2D eigenvalue weighted by Gasteiger charge is 2.18. The Morgan fingerprint density at radius 1 is 0.931 bits per heavy atom. The molecular weight excluding hydrogens is 362 g/mol. The topological polar surface area (TPSA) is 62.6 Å². The van der Waals surface area contributed by atoms with Crippen LogP contribution in [0.5, 0.6) is 0 Å². The van der Waals surface area contributed by atoms with E-state index in [9.17, 15) is 9.59 Å². The van der Waals surface area contributed by atoms with Gasteiger partial charge in [0.05, 0.1) is 25.6 Å². The number of likely N-dealkylation sites (tertiary alicyclic amines) is 1. The van der Waals surface area contributed by atoms with E-state index in [-0.39, 0.29) is 24.3 Å². The van der Waals surface area contributed by atoms with E-state index in [4.69, 9.17) is 0 Å². The fraction of sp³-hybridized carbons (Fsp3) is 0.417. The zero-order chi connectivity index (χ0) is 20.5. The number of amides is 2. The number of benzene rings is 2. The van der Waals surface area contributed by atoms with Crippen LogP contribution in [0.15, 0.2) is 54.6 Å². The summed E-state index contributed by atoms with van der Waals surface area (Å²) in [5.74, 6) is -0.200. The number of quaternary nitrogens is 1. The lowest BCUT2D eigenvalue weighted by atomic mass is 10.0. The molecule has 2 aromatic carbocycles. The van der Waals surface area contributed by atoms with Gasteiger partial charge in [-0.25, -0.2) is 0 Å². The van der Waals surface area contributed by atoms with Gasteiger partial charge in [-0.15, -0.1) is 0 Å². The summed E-state index contributed by atoms with van der Waals surface area (Å²) in [5.41, 5.74) is 3.42. The maximum absolute atomic E-state index is 12.6. The Hall–Kier alpha value is -2.66. The lowest BCUT2D eigenvalue weighted by Crippen LogP contribution is -3.11. The Kier molecular flexibility index (Phi) is 7.82. The molecule has 3 rings (SSSR count). The molecule has 1 fully saturated rings. The van der Waals surface area contributed by atoms with E-state index in [1.54, 1.807) is 4.90 Å².